The molecule has 3 heterocycles. The molecule has 1 N–H and O–H groups in total. The van der Waals surface area contributed by atoms with Gasteiger partial charge in [-0.2, -0.15) is 9.78 Å². The third-order valence-corrected chi connectivity index (χ3v) is 5.42. The molecular weight excluding hydrogens is 357 g/mol. The lowest BCUT2D eigenvalue weighted by Crippen LogP contribution is -2.44. The molecule has 28 heavy (non-hydrogen) atoms. The topological polar surface area (TPSA) is 57.2 Å². The van der Waals surface area contributed by atoms with Crippen LogP contribution in [-0.4, -0.2) is 52.9 Å². The van der Waals surface area contributed by atoms with Crippen molar-refractivity contribution in [1.82, 2.24) is 19.7 Å². The molecule has 2 aromatic rings. The highest BCUT2D eigenvalue weighted by atomic mass is 19.1. The summed E-state index contributed by atoms with van der Waals surface area (Å²) in [6.07, 6.45) is 1.68. The lowest BCUT2D eigenvalue weighted by atomic mass is 10.1. The Morgan fingerprint density at radius 3 is 2.57 bits per heavy atom. The fourth-order valence-corrected chi connectivity index (χ4v) is 3.86. The van der Waals surface area contributed by atoms with Gasteiger partial charge in [-0.15, -0.1) is 0 Å². The summed E-state index contributed by atoms with van der Waals surface area (Å²) in [7, 11) is 2.09. The number of piperazine rings is 1. The first kappa shape index (κ1) is 16.9. The van der Waals surface area contributed by atoms with E-state index in [1.807, 2.05) is 30.3 Å². The number of aromatic nitrogens is 3. The minimum Gasteiger partial charge on any atom is -0.367 e. The maximum atomic E-state index is 14.5. The zero-order valence-corrected chi connectivity index (χ0v) is 15.5. The van der Waals surface area contributed by atoms with Crippen molar-refractivity contribution in [3.05, 3.63) is 64.8 Å². The monoisotopic (exact) mass is 377 g/mol. The number of aromatic amines is 1. The molecule has 1 fully saturated rings. The number of likely N-dealkylation sites (N-methyl/N-ethyl adjacent to an activating group) is 1. The number of nitrogens with one attached hydrogen (secondary N) is 1. The highest BCUT2D eigenvalue weighted by Crippen LogP contribution is 2.33. The van der Waals surface area contributed by atoms with Gasteiger partial charge in [0.2, 0.25) is 0 Å². The molecule has 3 aliphatic rings. The normalized spacial score (nSPS) is 15.6. The fraction of sp³-hybridized carbons (Fsp3) is 0.238. The second-order valence-electron chi connectivity index (χ2n) is 7.24. The van der Waals surface area contributed by atoms with E-state index in [1.54, 1.807) is 12.3 Å². The maximum Gasteiger partial charge on any atom is 0.282 e. The molecule has 5 rings (SSSR count). The Hall–Kier alpha value is -3.19. The summed E-state index contributed by atoms with van der Waals surface area (Å²) in [4.78, 5) is 20.5. The number of para-hydroxylation sites is 1. The number of benzene rings is 2. The number of fused-ring (bicyclic) bond motifs is 3. The Labute approximate surface area is 161 Å². The molecule has 0 aliphatic carbocycles. The highest BCUT2D eigenvalue weighted by Gasteiger charge is 2.23. The van der Waals surface area contributed by atoms with Gasteiger partial charge in [-0.05, 0) is 31.3 Å². The molecule has 2 aromatic carbocycles. The summed E-state index contributed by atoms with van der Waals surface area (Å²) in [6.45, 7) is 3.50. The van der Waals surface area contributed by atoms with Gasteiger partial charge in [0.25, 0.3) is 5.56 Å². The van der Waals surface area contributed by atoms with Crippen molar-refractivity contribution in [2.45, 2.75) is 0 Å². The first-order chi connectivity index (χ1) is 13.6. The third kappa shape index (κ3) is 2.66. The quantitative estimate of drug-likeness (QED) is 0.584. The Kier molecular flexibility index (Phi) is 3.91. The van der Waals surface area contributed by atoms with Gasteiger partial charge in [0.15, 0.2) is 0 Å². The van der Waals surface area contributed by atoms with Crippen LogP contribution in [0.2, 0.25) is 0 Å². The molecule has 0 aromatic heterocycles. The molecule has 0 saturated carbocycles. The summed E-state index contributed by atoms with van der Waals surface area (Å²) >= 11 is 0. The number of halogens is 1. The van der Waals surface area contributed by atoms with E-state index in [9.17, 15) is 9.18 Å². The standard InChI is InChI=1S/C21H20FN5O/c1-25-7-9-26(10-8-25)18-12-14(22)11-16-19-17(13-23-20(16)18)21(28)27(24-19)15-5-3-2-4-6-15/h2-6,11-13,23H,7-10H2,1H3. The zero-order chi connectivity index (χ0) is 19.3. The van der Waals surface area contributed by atoms with Gasteiger partial charge >= 0.3 is 0 Å². The summed E-state index contributed by atoms with van der Waals surface area (Å²) in [5, 5.41) is 5.16. The van der Waals surface area contributed by atoms with Crippen LogP contribution in [0.3, 0.4) is 0 Å². The van der Waals surface area contributed by atoms with Crippen molar-refractivity contribution in [2.75, 3.05) is 38.1 Å². The van der Waals surface area contributed by atoms with Gasteiger partial charge < -0.3 is 14.8 Å². The molecule has 6 nitrogen and oxygen atoms in total. The minimum atomic E-state index is -0.330. The molecule has 0 spiro atoms. The molecule has 3 aliphatic heterocycles. The van der Waals surface area contributed by atoms with Gasteiger partial charge in [-0.3, -0.25) is 4.79 Å². The first-order valence-corrected chi connectivity index (χ1v) is 9.34. The summed E-state index contributed by atoms with van der Waals surface area (Å²) in [5.41, 5.74) is 3.05. The maximum absolute atomic E-state index is 14.5. The highest BCUT2D eigenvalue weighted by molar-refractivity contribution is 6.00. The zero-order valence-electron chi connectivity index (χ0n) is 15.5. The Balaban J connectivity index is 1.72. The molecule has 0 bridgehead atoms. The smallest absolute Gasteiger partial charge is 0.282 e. The van der Waals surface area contributed by atoms with Crippen LogP contribution in [0.25, 0.3) is 27.8 Å². The molecule has 0 atom stereocenters. The van der Waals surface area contributed by atoms with Crippen LogP contribution in [0.15, 0.2) is 53.5 Å². The van der Waals surface area contributed by atoms with Gasteiger partial charge in [0, 0.05) is 37.8 Å². The van der Waals surface area contributed by atoms with Crippen LogP contribution in [-0.2, 0) is 0 Å². The molecule has 1 saturated heterocycles. The van der Waals surface area contributed by atoms with E-state index in [0.29, 0.717) is 22.3 Å². The van der Waals surface area contributed by atoms with E-state index in [1.165, 1.54) is 10.7 Å². The Morgan fingerprint density at radius 1 is 1.07 bits per heavy atom. The average molecular weight is 377 g/mol. The average Bonchev–Trinajstić information content (AvgIpc) is 3.06. The molecule has 0 amide bonds. The molecule has 0 radical (unpaired) electrons. The van der Waals surface area contributed by atoms with Gasteiger partial charge in [-0.1, -0.05) is 18.2 Å². The lowest BCUT2D eigenvalue weighted by Gasteiger charge is -2.34. The minimum absolute atomic E-state index is 0.218. The second kappa shape index (κ2) is 6.45. The van der Waals surface area contributed by atoms with Crippen LogP contribution < -0.4 is 10.5 Å². The van der Waals surface area contributed by atoms with Gasteiger partial charge in [0.1, 0.15) is 11.5 Å². The van der Waals surface area contributed by atoms with E-state index in [2.05, 4.69) is 26.9 Å². The molecule has 7 heteroatoms. The number of nitrogens with zero attached hydrogens (tertiary/aromatic N) is 4. The van der Waals surface area contributed by atoms with Crippen molar-refractivity contribution in [2.24, 2.45) is 0 Å². The van der Waals surface area contributed by atoms with E-state index >= 15 is 0 Å². The Morgan fingerprint density at radius 2 is 1.82 bits per heavy atom. The number of anilines is 1. The number of H-pyrrole nitrogens is 1. The molecular formula is C21H20FN5O. The number of rotatable bonds is 2. The lowest BCUT2D eigenvalue weighted by molar-refractivity contribution is 0.313. The largest absolute Gasteiger partial charge is 0.367 e. The van der Waals surface area contributed by atoms with Crippen LogP contribution >= 0.6 is 0 Å². The van der Waals surface area contributed by atoms with Gasteiger partial charge in [0.05, 0.1) is 22.5 Å². The van der Waals surface area contributed by atoms with Crippen LogP contribution in [0.4, 0.5) is 10.1 Å². The first-order valence-electron chi connectivity index (χ1n) is 9.34. The number of pyridine rings is 1. The van der Waals surface area contributed by atoms with E-state index < -0.39 is 0 Å². The van der Waals surface area contributed by atoms with Crippen molar-refractivity contribution in [3.8, 4) is 16.9 Å². The van der Waals surface area contributed by atoms with Gasteiger partial charge in [-0.25, -0.2) is 4.39 Å². The van der Waals surface area contributed by atoms with Crippen molar-refractivity contribution in [1.29, 1.82) is 0 Å². The van der Waals surface area contributed by atoms with Crippen molar-refractivity contribution >= 4 is 16.6 Å². The van der Waals surface area contributed by atoms with E-state index in [4.69, 9.17) is 0 Å². The molecule has 142 valence electrons. The van der Waals surface area contributed by atoms with E-state index in [0.717, 1.165) is 37.4 Å². The van der Waals surface area contributed by atoms with Crippen molar-refractivity contribution in [3.63, 3.8) is 0 Å². The third-order valence-electron chi connectivity index (χ3n) is 5.42. The summed E-state index contributed by atoms with van der Waals surface area (Å²) < 4.78 is 15.9. The number of hydrogen-bond acceptors (Lipinski definition) is 4. The predicted molar refractivity (Wildman–Crippen MR) is 108 cm³/mol. The van der Waals surface area contributed by atoms with Crippen LogP contribution in [0, 0.1) is 5.82 Å². The number of hydrogen-bond donors (Lipinski definition) is 1. The summed E-state index contributed by atoms with van der Waals surface area (Å²) in [5.74, 6) is -0.330. The van der Waals surface area contributed by atoms with Crippen molar-refractivity contribution < 1.29 is 4.39 Å². The molecule has 0 unspecified atom stereocenters. The fourth-order valence-electron chi connectivity index (χ4n) is 3.86. The predicted octanol–water partition coefficient (Wildman–Crippen LogP) is 2.71. The Bertz CT molecular complexity index is 1170. The van der Waals surface area contributed by atoms with Crippen LogP contribution in [0.1, 0.15) is 0 Å². The summed E-state index contributed by atoms with van der Waals surface area (Å²) in [6, 6.07) is 12.3. The SMILES string of the molecule is CN1CCN(c2cc(F)cc3c4nn(-c5ccccc5)c(=O)c-4c[nH]c23)CC1. The van der Waals surface area contributed by atoms with Crippen LogP contribution in [0.5, 0.6) is 0 Å². The van der Waals surface area contributed by atoms with E-state index in [-0.39, 0.29) is 11.4 Å². The second-order valence-corrected chi connectivity index (χ2v) is 7.24.